The van der Waals surface area contributed by atoms with Crippen molar-refractivity contribution in [2.45, 2.75) is 0 Å². The van der Waals surface area contributed by atoms with Crippen LogP contribution in [0.3, 0.4) is 0 Å². The van der Waals surface area contributed by atoms with Crippen molar-refractivity contribution in [1.29, 1.82) is 0 Å². The second kappa shape index (κ2) is 4.02. The molecule has 3 heterocycles. The van der Waals surface area contributed by atoms with E-state index in [9.17, 15) is 9.59 Å². The van der Waals surface area contributed by atoms with Gasteiger partial charge in [-0.2, -0.15) is 4.98 Å². The summed E-state index contributed by atoms with van der Waals surface area (Å²) in [6, 6.07) is 3.25. The van der Waals surface area contributed by atoms with E-state index in [0.29, 0.717) is 5.56 Å². The number of aromatic nitrogens is 5. The van der Waals surface area contributed by atoms with E-state index in [4.69, 9.17) is 5.73 Å². The highest BCUT2D eigenvalue weighted by Gasteiger charge is 2.15. The van der Waals surface area contributed by atoms with Crippen LogP contribution < -0.4 is 11.3 Å². The lowest BCUT2D eigenvalue weighted by molar-refractivity contribution is 0.0963. The number of hydrogen-bond acceptors (Lipinski definition) is 6. The summed E-state index contributed by atoms with van der Waals surface area (Å²) >= 11 is 0. The Bertz CT molecular complexity index is 820. The molecule has 94 valence electrons. The Hall–Kier alpha value is -3.03. The van der Waals surface area contributed by atoms with Gasteiger partial charge < -0.3 is 5.73 Å². The number of nitrogens with one attached hydrogen (secondary N) is 1. The minimum absolute atomic E-state index is 0.0615. The number of imidazole rings is 1. The molecule has 0 aliphatic heterocycles. The van der Waals surface area contributed by atoms with Gasteiger partial charge in [0.05, 0.1) is 5.56 Å². The van der Waals surface area contributed by atoms with Gasteiger partial charge in [0.1, 0.15) is 6.33 Å². The van der Waals surface area contributed by atoms with Gasteiger partial charge in [-0.15, -0.1) is 0 Å². The van der Waals surface area contributed by atoms with E-state index in [-0.39, 0.29) is 23.0 Å². The van der Waals surface area contributed by atoms with Crippen LogP contribution in [0.1, 0.15) is 10.4 Å². The lowest BCUT2D eigenvalue weighted by Gasteiger charge is -2.01. The van der Waals surface area contributed by atoms with E-state index in [1.807, 2.05) is 0 Å². The zero-order valence-electron chi connectivity index (χ0n) is 9.57. The minimum Gasteiger partial charge on any atom is -0.369 e. The first-order valence-electron chi connectivity index (χ1n) is 5.34. The van der Waals surface area contributed by atoms with Crippen molar-refractivity contribution >= 4 is 23.0 Å². The van der Waals surface area contributed by atoms with Crippen molar-refractivity contribution in [2.24, 2.45) is 0 Å². The molecule has 8 heteroatoms. The maximum Gasteiger partial charge on any atom is 0.280 e. The standard InChI is InChI=1S/C11H8N6O2/c12-11-15-8-7(9(18)16-11)14-5-17(8)10(19)6-2-1-3-13-4-6/h1-5H,(H3,12,15,16,18). The van der Waals surface area contributed by atoms with E-state index < -0.39 is 5.56 Å². The maximum atomic E-state index is 12.2. The maximum absolute atomic E-state index is 12.2. The average molecular weight is 256 g/mol. The largest absolute Gasteiger partial charge is 0.369 e. The monoisotopic (exact) mass is 256 g/mol. The summed E-state index contributed by atoms with van der Waals surface area (Å²) in [6.45, 7) is 0. The molecule has 0 aliphatic rings. The SMILES string of the molecule is Nc1nc2c(ncn2C(=O)c2cccnc2)c(=O)[nH]1. The van der Waals surface area contributed by atoms with E-state index in [1.54, 1.807) is 18.3 Å². The molecule has 0 aromatic carbocycles. The predicted octanol–water partition coefficient (Wildman–Crippen LogP) is -0.215. The predicted molar refractivity (Wildman–Crippen MR) is 66.5 cm³/mol. The van der Waals surface area contributed by atoms with E-state index in [2.05, 4.69) is 19.9 Å². The molecular weight excluding hydrogens is 248 g/mol. The smallest absolute Gasteiger partial charge is 0.280 e. The number of rotatable bonds is 1. The molecule has 0 fully saturated rings. The summed E-state index contributed by atoms with van der Waals surface area (Å²) in [4.78, 5) is 37.8. The Morgan fingerprint density at radius 1 is 1.42 bits per heavy atom. The molecule has 19 heavy (non-hydrogen) atoms. The third kappa shape index (κ3) is 1.75. The van der Waals surface area contributed by atoms with Crippen molar-refractivity contribution in [3.05, 3.63) is 46.8 Å². The second-order valence-electron chi connectivity index (χ2n) is 3.78. The fourth-order valence-corrected chi connectivity index (χ4v) is 1.70. The first-order chi connectivity index (χ1) is 9.16. The van der Waals surface area contributed by atoms with Crippen molar-refractivity contribution in [3.8, 4) is 0 Å². The molecule has 0 aliphatic carbocycles. The summed E-state index contributed by atoms with van der Waals surface area (Å²) in [5, 5.41) is 0. The average Bonchev–Trinajstić information content (AvgIpc) is 2.83. The zero-order valence-corrected chi connectivity index (χ0v) is 9.57. The molecule has 0 saturated heterocycles. The molecule has 0 atom stereocenters. The Morgan fingerprint density at radius 2 is 2.26 bits per heavy atom. The second-order valence-corrected chi connectivity index (χ2v) is 3.78. The number of hydrogen-bond donors (Lipinski definition) is 2. The number of H-pyrrole nitrogens is 1. The van der Waals surface area contributed by atoms with Crippen LogP contribution >= 0.6 is 0 Å². The van der Waals surface area contributed by atoms with Crippen LogP contribution in [0, 0.1) is 0 Å². The number of pyridine rings is 1. The van der Waals surface area contributed by atoms with Gasteiger partial charge in [-0.1, -0.05) is 0 Å². The minimum atomic E-state index is -0.486. The molecule has 0 amide bonds. The molecule has 3 aromatic rings. The normalized spacial score (nSPS) is 10.7. The highest BCUT2D eigenvalue weighted by atomic mass is 16.2. The summed E-state index contributed by atoms with van der Waals surface area (Å²) in [5.74, 6) is -0.452. The van der Waals surface area contributed by atoms with Crippen LogP contribution in [0.15, 0.2) is 35.6 Å². The Labute approximate surface area is 105 Å². The van der Waals surface area contributed by atoms with Crippen LogP contribution in [0.25, 0.3) is 11.2 Å². The zero-order chi connectivity index (χ0) is 13.4. The van der Waals surface area contributed by atoms with Gasteiger partial charge in [0.25, 0.3) is 11.5 Å². The summed E-state index contributed by atoms with van der Waals surface area (Å²) in [5.41, 5.74) is 5.52. The fraction of sp³-hybridized carbons (Fsp3) is 0. The molecule has 3 rings (SSSR count). The number of nitrogens with two attached hydrogens (primary N) is 1. The van der Waals surface area contributed by atoms with Crippen LogP contribution in [-0.2, 0) is 0 Å². The third-order valence-corrected chi connectivity index (χ3v) is 2.55. The molecule has 0 saturated carbocycles. The van der Waals surface area contributed by atoms with Crippen molar-refractivity contribution in [2.75, 3.05) is 5.73 Å². The van der Waals surface area contributed by atoms with Crippen LogP contribution in [-0.4, -0.2) is 30.4 Å². The number of aromatic amines is 1. The highest BCUT2D eigenvalue weighted by Crippen LogP contribution is 2.09. The number of nitrogen functional groups attached to an aromatic ring is 1. The molecule has 3 aromatic heterocycles. The van der Waals surface area contributed by atoms with Gasteiger partial charge in [0.2, 0.25) is 5.95 Å². The molecule has 0 spiro atoms. The van der Waals surface area contributed by atoms with Crippen LogP contribution in [0.2, 0.25) is 0 Å². The Balaban J connectivity index is 2.22. The fourth-order valence-electron chi connectivity index (χ4n) is 1.70. The molecule has 0 bridgehead atoms. The van der Waals surface area contributed by atoms with Crippen LogP contribution in [0.5, 0.6) is 0 Å². The summed E-state index contributed by atoms with van der Waals surface area (Å²) < 4.78 is 1.16. The molecule has 3 N–H and O–H groups in total. The van der Waals surface area contributed by atoms with Crippen molar-refractivity contribution in [1.82, 2.24) is 24.5 Å². The lowest BCUT2D eigenvalue weighted by atomic mass is 10.3. The van der Waals surface area contributed by atoms with Gasteiger partial charge in [0, 0.05) is 12.4 Å². The first kappa shape index (κ1) is 11.1. The number of carbonyl (C=O) groups is 1. The van der Waals surface area contributed by atoms with Gasteiger partial charge in [0.15, 0.2) is 11.2 Å². The number of anilines is 1. The van der Waals surface area contributed by atoms with Gasteiger partial charge >= 0.3 is 0 Å². The van der Waals surface area contributed by atoms with Gasteiger partial charge in [-0.3, -0.25) is 19.6 Å². The first-order valence-corrected chi connectivity index (χ1v) is 5.34. The number of carbonyl (C=O) groups excluding carboxylic acids is 1. The summed E-state index contributed by atoms with van der Waals surface area (Å²) in [7, 11) is 0. The number of fused-ring (bicyclic) bond motifs is 1. The lowest BCUT2D eigenvalue weighted by Crippen LogP contribution is -2.15. The molecule has 0 radical (unpaired) electrons. The molecule has 0 unspecified atom stereocenters. The number of nitrogens with zero attached hydrogens (tertiary/aromatic N) is 4. The third-order valence-electron chi connectivity index (χ3n) is 2.55. The van der Waals surface area contributed by atoms with Gasteiger partial charge in [-0.25, -0.2) is 9.55 Å². The van der Waals surface area contributed by atoms with E-state index >= 15 is 0 Å². The van der Waals surface area contributed by atoms with Crippen molar-refractivity contribution < 1.29 is 4.79 Å². The van der Waals surface area contributed by atoms with Crippen molar-refractivity contribution in [3.63, 3.8) is 0 Å². The van der Waals surface area contributed by atoms with E-state index in [0.717, 1.165) is 4.57 Å². The summed E-state index contributed by atoms with van der Waals surface area (Å²) in [6.07, 6.45) is 4.22. The topological polar surface area (TPSA) is 120 Å². The van der Waals surface area contributed by atoms with Crippen LogP contribution in [0.4, 0.5) is 5.95 Å². The van der Waals surface area contributed by atoms with Gasteiger partial charge in [-0.05, 0) is 12.1 Å². The Kier molecular flexibility index (Phi) is 2.34. The van der Waals surface area contributed by atoms with E-state index in [1.165, 1.54) is 12.5 Å². The molecule has 8 nitrogen and oxygen atoms in total. The quantitative estimate of drug-likeness (QED) is 0.621. The molecular formula is C11H8N6O2. The Morgan fingerprint density at radius 3 is 3.00 bits per heavy atom. The highest BCUT2D eigenvalue weighted by molar-refractivity contribution is 5.99.